The van der Waals surface area contributed by atoms with Gasteiger partial charge in [0.2, 0.25) is 0 Å². The first kappa shape index (κ1) is 100. The number of phosphoric ester groups is 2. The van der Waals surface area contributed by atoms with Gasteiger partial charge in [0, 0.05) is 25.7 Å². The van der Waals surface area contributed by atoms with Gasteiger partial charge in [-0.05, 0) is 49.4 Å². The van der Waals surface area contributed by atoms with Gasteiger partial charge in [0.1, 0.15) is 19.3 Å². The summed E-state index contributed by atoms with van der Waals surface area (Å²) in [4.78, 5) is 73.1. The summed E-state index contributed by atoms with van der Waals surface area (Å²) in [5, 5.41) is 10.6. The van der Waals surface area contributed by atoms with Crippen LogP contribution < -0.4 is 0 Å². The molecule has 0 aliphatic carbocycles. The Labute approximate surface area is 626 Å². The lowest BCUT2D eigenvalue weighted by molar-refractivity contribution is -0.161. The highest BCUT2D eigenvalue weighted by molar-refractivity contribution is 7.47. The molecule has 0 aliphatic heterocycles. The van der Waals surface area contributed by atoms with Crippen LogP contribution in [-0.2, 0) is 65.4 Å². The topological polar surface area (TPSA) is 237 Å². The number of rotatable bonds is 80. The number of unbranched alkanes of at least 4 members (excludes halogenated alkanes) is 45. The van der Waals surface area contributed by atoms with E-state index < -0.39 is 97.5 Å². The van der Waals surface area contributed by atoms with Crippen molar-refractivity contribution in [2.45, 2.75) is 446 Å². The Bertz CT molecular complexity index is 1990. The van der Waals surface area contributed by atoms with Gasteiger partial charge >= 0.3 is 39.5 Å². The smallest absolute Gasteiger partial charge is 0.462 e. The molecular weight excluding hydrogens is 1330 g/mol. The van der Waals surface area contributed by atoms with Crippen LogP contribution in [0.3, 0.4) is 0 Å². The standard InChI is InChI=1S/C83H162O17P2/c1-9-76(8)62-54-46-38-29-22-18-14-12-10-11-13-15-19-23-30-39-47-55-63-80(85)93-69-78(99-82(87)65-57-49-41-31-24-20-16-17-21-27-35-43-51-59-73(2)3)71-97-101(89,90)95-67-77(84)68-96-102(91,92)98-72-79(70-94-81(86)64-56-48-40-34-33-37-45-53-61-75(6)7)100-83(88)66-58-50-42-32-26-25-28-36-44-52-60-74(4)5/h73-79,84H,9-72H2,1-8H3,(H,89,90)(H,91,92)/t76?,77?,78-,79-/m1/s1. The normalized spacial score (nSPS) is 14.3. The highest BCUT2D eigenvalue weighted by Crippen LogP contribution is 2.45. The molecule has 0 aliphatic rings. The summed E-state index contributed by atoms with van der Waals surface area (Å²) in [6.07, 6.45) is 59.7. The van der Waals surface area contributed by atoms with E-state index in [1.165, 1.54) is 231 Å². The molecule has 0 fully saturated rings. The van der Waals surface area contributed by atoms with Crippen LogP contribution in [-0.4, -0.2) is 96.7 Å². The molecular formula is C83H162O17P2. The quantitative estimate of drug-likeness (QED) is 0.0222. The van der Waals surface area contributed by atoms with Gasteiger partial charge in [-0.2, -0.15) is 0 Å². The van der Waals surface area contributed by atoms with Crippen LogP contribution in [0.2, 0.25) is 0 Å². The molecule has 0 spiro atoms. The largest absolute Gasteiger partial charge is 0.472 e. The number of hydrogen-bond acceptors (Lipinski definition) is 15. The van der Waals surface area contributed by atoms with Gasteiger partial charge in [-0.3, -0.25) is 37.3 Å². The van der Waals surface area contributed by atoms with Crippen molar-refractivity contribution in [1.82, 2.24) is 0 Å². The van der Waals surface area contributed by atoms with E-state index in [1.54, 1.807) is 0 Å². The summed E-state index contributed by atoms with van der Waals surface area (Å²) in [5.74, 6) is 1.03. The van der Waals surface area contributed by atoms with E-state index in [1.807, 2.05) is 0 Å². The first-order valence-electron chi connectivity index (χ1n) is 42.7. The van der Waals surface area contributed by atoms with E-state index in [0.717, 1.165) is 114 Å². The van der Waals surface area contributed by atoms with Crippen molar-refractivity contribution < 1.29 is 80.2 Å². The van der Waals surface area contributed by atoms with Gasteiger partial charge in [-0.15, -0.1) is 0 Å². The predicted molar refractivity (Wildman–Crippen MR) is 418 cm³/mol. The second-order valence-electron chi connectivity index (χ2n) is 31.5. The van der Waals surface area contributed by atoms with Gasteiger partial charge in [0.15, 0.2) is 12.2 Å². The van der Waals surface area contributed by atoms with Crippen LogP contribution in [0.1, 0.15) is 428 Å². The van der Waals surface area contributed by atoms with Crippen LogP contribution in [0.15, 0.2) is 0 Å². The zero-order chi connectivity index (χ0) is 75.3. The molecule has 0 radical (unpaired) electrons. The molecule has 4 unspecified atom stereocenters. The fourth-order valence-corrected chi connectivity index (χ4v) is 14.3. The first-order chi connectivity index (χ1) is 49.1. The maximum atomic E-state index is 13.1. The number of phosphoric acid groups is 2. The van der Waals surface area contributed by atoms with E-state index in [0.29, 0.717) is 25.7 Å². The number of carbonyl (C=O) groups excluding carboxylic acids is 4. The van der Waals surface area contributed by atoms with Crippen molar-refractivity contribution in [3.8, 4) is 0 Å². The molecule has 0 saturated carbocycles. The van der Waals surface area contributed by atoms with Gasteiger partial charge in [-0.1, -0.05) is 376 Å². The van der Waals surface area contributed by atoms with Crippen LogP contribution in [0.5, 0.6) is 0 Å². The van der Waals surface area contributed by atoms with Crippen molar-refractivity contribution in [2.75, 3.05) is 39.6 Å². The highest BCUT2D eigenvalue weighted by atomic mass is 31.2. The maximum absolute atomic E-state index is 13.1. The molecule has 6 atom stereocenters. The fourth-order valence-electron chi connectivity index (χ4n) is 12.8. The summed E-state index contributed by atoms with van der Waals surface area (Å²) >= 11 is 0. The summed E-state index contributed by atoms with van der Waals surface area (Å²) in [7, 11) is -9.92. The second-order valence-corrected chi connectivity index (χ2v) is 34.4. The van der Waals surface area contributed by atoms with E-state index in [4.69, 9.17) is 37.0 Å². The van der Waals surface area contributed by atoms with Crippen molar-refractivity contribution >= 4 is 39.5 Å². The molecule has 0 aromatic rings. The molecule has 606 valence electrons. The highest BCUT2D eigenvalue weighted by Gasteiger charge is 2.30. The van der Waals surface area contributed by atoms with Gasteiger partial charge < -0.3 is 33.8 Å². The van der Waals surface area contributed by atoms with Crippen LogP contribution in [0.4, 0.5) is 0 Å². The van der Waals surface area contributed by atoms with Gasteiger partial charge in [0.25, 0.3) is 0 Å². The summed E-state index contributed by atoms with van der Waals surface area (Å²) in [5.41, 5.74) is 0. The summed E-state index contributed by atoms with van der Waals surface area (Å²) < 4.78 is 68.8. The lowest BCUT2D eigenvalue weighted by Crippen LogP contribution is -2.30. The van der Waals surface area contributed by atoms with Crippen LogP contribution in [0.25, 0.3) is 0 Å². The number of hydrogen-bond donors (Lipinski definition) is 3. The number of aliphatic hydroxyl groups is 1. The zero-order valence-corrected chi connectivity index (χ0v) is 69.0. The molecule has 17 nitrogen and oxygen atoms in total. The number of carbonyl (C=O) groups is 4. The molecule has 0 rings (SSSR count). The zero-order valence-electron chi connectivity index (χ0n) is 67.2. The average Bonchev–Trinajstić information content (AvgIpc) is 0.911. The molecule has 0 amide bonds. The fraction of sp³-hybridized carbons (Fsp3) is 0.952. The summed E-state index contributed by atoms with van der Waals surface area (Å²) in [6.45, 7) is 14.3. The molecule has 0 aromatic carbocycles. The Kier molecular flexibility index (Phi) is 70.6. The minimum atomic E-state index is -4.96. The Morgan fingerprint density at radius 2 is 0.471 bits per heavy atom. The third kappa shape index (κ3) is 74.9. The number of esters is 4. The SMILES string of the molecule is CCC(C)CCCCCCCCCCCCCCCCCCCCC(=O)OC[C@H](COP(=O)(O)OCC(O)COP(=O)(O)OC[C@@H](COC(=O)CCCCCCCCCCC(C)C)OC(=O)CCCCCCCCCCCCC(C)C)OC(=O)CCCCCCCCCCCCCCCC(C)C. The molecule has 0 heterocycles. The monoisotopic (exact) mass is 1490 g/mol. The minimum absolute atomic E-state index is 0.105. The number of aliphatic hydroxyl groups excluding tert-OH is 1. The third-order valence-electron chi connectivity index (χ3n) is 19.7. The average molecular weight is 1490 g/mol. The van der Waals surface area contributed by atoms with Crippen molar-refractivity contribution in [3.05, 3.63) is 0 Å². The van der Waals surface area contributed by atoms with Crippen LogP contribution in [0, 0.1) is 23.7 Å². The molecule has 102 heavy (non-hydrogen) atoms. The van der Waals surface area contributed by atoms with E-state index in [-0.39, 0.29) is 25.7 Å². The summed E-state index contributed by atoms with van der Waals surface area (Å²) in [6, 6.07) is 0. The molecule has 0 bridgehead atoms. The third-order valence-corrected chi connectivity index (χ3v) is 21.6. The Morgan fingerprint density at radius 1 is 0.275 bits per heavy atom. The molecule has 0 aromatic heterocycles. The Balaban J connectivity index is 5.21. The Hall–Kier alpha value is -1.94. The Morgan fingerprint density at radius 3 is 0.696 bits per heavy atom. The van der Waals surface area contributed by atoms with E-state index >= 15 is 0 Å². The van der Waals surface area contributed by atoms with Crippen molar-refractivity contribution in [1.29, 1.82) is 0 Å². The molecule has 3 N–H and O–H groups in total. The predicted octanol–water partition coefficient (Wildman–Crippen LogP) is 24.8. The van der Waals surface area contributed by atoms with Crippen molar-refractivity contribution in [3.63, 3.8) is 0 Å². The van der Waals surface area contributed by atoms with Crippen molar-refractivity contribution in [2.24, 2.45) is 23.7 Å². The van der Waals surface area contributed by atoms with Gasteiger partial charge in [0.05, 0.1) is 26.4 Å². The lowest BCUT2D eigenvalue weighted by atomic mass is 9.99. The maximum Gasteiger partial charge on any atom is 0.472 e. The molecule has 0 saturated heterocycles. The number of ether oxygens (including phenoxy) is 4. The lowest BCUT2D eigenvalue weighted by Gasteiger charge is -2.21. The second kappa shape index (κ2) is 72.0. The van der Waals surface area contributed by atoms with Crippen LogP contribution >= 0.6 is 15.6 Å². The van der Waals surface area contributed by atoms with E-state index in [2.05, 4.69) is 55.4 Å². The van der Waals surface area contributed by atoms with Gasteiger partial charge in [-0.25, -0.2) is 9.13 Å². The van der Waals surface area contributed by atoms with E-state index in [9.17, 15) is 43.2 Å². The first-order valence-corrected chi connectivity index (χ1v) is 45.7. The minimum Gasteiger partial charge on any atom is -0.462 e. The molecule has 19 heteroatoms.